The molecule has 0 unspecified atom stereocenters. The fourth-order valence-electron chi connectivity index (χ4n) is 0. The molecule has 0 saturated carbocycles. The Labute approximate surface area is 136 Å². The Kier molecular flexibility index (Phi) is 533. The van der Waals surface area contributed by atoms with Gasteiger partial charge in [0.05, 0.1) is 0 Å². The number of hydrogen-bond donors (Lipinski definition) is 0. The van der Waals surface area contributed by atoms with Gasteiger partial charge < -0.3 is 62.3 Å². The summed E-state index contributed by atoms with van der Waals surface area (Å²) in [6.07, 6.45) is 0. The molecule has 0 heterocycles. The molecule has 0 saturated heterocycles. The van der Waals surface area contributed by atoms with Crippen molar-refractivity contribution in [3.05, 3.63) is 0 Å². The van der Waals surface area contributed by atoms with Crippen molar-refractivity contribution < 1.29 is 123 Å². The molecule has 0 aromatic rings. The van der Waals surface area contributed by atoms with E-state index in [9.17, 15) is 0 Å². The van der Waals surface area contributed by atoms with Crippen LogP contribution in [0.5, 0.6) is 0 Å². The van der Waals surface area contributed by atoms with E-state index in [0.29, 0.717) is 0 Å². The first kappa shape index (κ1) is 91.7. The molecule has 0 rings (SSSR count). The third-order valence-corrected chi connectivity index (χ3v) is 0. The Balaban J connectivity index is -0.00000000125. The molecule has 14 N–H and O–H groups in total. The van der Waals surface area contributed by atoms with Crippen LogP contribution >= 0.6 is 16.9 Å². The molecule has 13 heteroatoms. The summed E-state index contributed by atoms with van der Waals surface area (Å²) in [5.41, 5.74) is 15.1. The van der Waals surface area contributed by atoms with Crippen molar-refractivity contribution in [2.45, 2.75) is 0 Å². The van der Waals surface area contributed by atoms with Crippen LogP contribution in [0.3, 0.4) is 0 Å². The zero-order valence-corrected chi connectivity index (χ0v) is 16.1. The monoisotopic (exact) mass is 521 g/mol. The molecular weight excluding hydrogens is 508 g/mol. The molecule has 0 atom stereocenters. The Bertz CT molecular complexity index is 28.5. The van der Waals surface area contributed by atoms with Crippen LogP contribution in [0.25, 0.3) is 0 Å². The first-order valence-corrected chi connectivity index (χ1v) is 12.4. The van der Waals surface area contributed by atoms with E-state index in [-0.39, 0.29) is 91.9 Å². The van der Waals surface area contributed by atoms with Crippen LogP contribution < -0.4 is 53.5 Å². The molecule has 7 nitrogen and oxygen atoms in total. The van der Waals surface area contributed by atoms with Crippen LogP contribution in [0, 0.1) is 30.7 Å². The van der Waals surface area contributed by atoms with Gasteiger partial charge in [-0.05, 0) is 0 Å². The normalized spacial score (nSPS) is 2.08. The maximum Gasteiger partial charge on any atom is 1.00 e. The molecule has 0 aliphatic rings. The summed E-state index contributed by atoms with van der Waals surface area (Å²) in [6, 6.07) is 0. The molecule has 13 heavy (non-hydrogen) atoms. The van der Waals surface area contributed by atoms with E-state index >= 15 is 0 Å². The topological polar surface area (TPSA) is 220 Å². The van der Waals surface area contributed by atoms with Gasteiger partial charge in [0.1, 0.15) is 0 Å². The molecular formula is H14CeCl3INaO7. The summed E-state index contributed by atoms with van der Waals surface area (Å²) in [4.78, 5) is 0. The van der Waals surface area contributed by atoms with E-state index < -0.39 is 30.7 Å². The van der Waals surface area contributed by atoms with E-state index in [0.717, 1.165) is 0 Å². The van der Waals surface area contributed by atoms with E-state index in [1.165, 1.54) is 0 Å². The second-order valence-electron chi connectivity index (χ2n) is 0.214. The average molecular weight is 522 g/mol. The van der Waals surface area contributed by atoms with E-state index in [1.54, 1.807) is 0 Å². The van der Waals surface area contributed by atoms with Gasteiger partial charge in [0.25, 0.3) is 0 Å². The van der Waals surface area contributed by atoms with E-state index in [1.807, 2.05) is 0 Å². The van der Waals surface area contributed by atoms with Gasteiger partial charge >= 0.3 is 77.1 Å². The number of rotatable bonds is 0. The summed E-state index contributed by atoms with van der Waals surface area (Å²) in [5, 5.41) is 0. The summed E-state index contributed by atoms with van der Waals surface area (Å²) in [5.74, 6) is 0. The van der Waals surface area contributed by atoms with Gasteiger partial charge in [0.2, 0.25) is 0 Å². The molecule has 0 amide bonds. The van der Waals surface area contributed by atoms with Gasteiger partial charge in [0, 0.05) is 0 Å². The van der Waals surface area contributed by atoms with E-state index in [2.05, 4.69) is 0 Å². The molecule has 0 aromatic heterocycles. The molecule has 0 fully saturated rings. The molecule has 89 valence electrons. The van der Waals surface area contributed by atoms with Crippen molar-refractivity contribution in [3.8, 4) is 0 Å². The summed E-state index contributed by atoms with van der Waals surface area (Å²) >= 11 is -2.24. The minimum Gasteiger partial charge on any atom is -1.00 e. The Morgan fingerprint density at radius 1 is 0.538 bits per heavy atom. The molecule has 0 radical (unpaired) electrons. The van der Waals surface area contributed by atoms with Crippen molar-refractivity contribution in [2.24, 2.45) is 0 Å². The SMILES string of the molecule is O.O.O.O.O.O.O.[Cl][Ce]([Cl])[Cl].[I-].[Na+]. The van der Waals surface area contributed by atoms with Crippen LogP contribution in [0.15, 0.2) is 0 Å². The molecule has 0 spiro atoms. The van der Waals surface area contributed by atoms with Crippen LogP contribution in [-0.2, 0) is 0 Å². The van der Waals surface area contributed by atoms with Gasteiger partial charge in [-0.25, -0.2) is 0 Å². The summed E-state index contributed by atoms with van der Waals surface area (Å²) in [7, 11) is 0. The predicted octanol–water partition coefficient (Wildman–Crippen LogP) is -9.70. The Morgan fingerprint density at radius 3 is 0.538 bits per heavy atom. The second kappa shape index (κ2) is 75.6. The minimum absolute atomic E-state index is 0. The molecule has 0 aromatic carbocycles. The fourth-order valence-corrected chi connectivity index (χ4v) is 0. The van der Waals surface area contributed by atoms with Gasteiger partial charge in [-0.15, -0.1) is 0 Å². The molecule has 0 aliphatic carbocycles. The predicted molar refractivity (Wildman–Crippen MR) is 42.9 cm³/mol. The summed E-state index contributed by atoms with van der Waals surface area (Å²) in [6.45, 7) is 0. The van der Waals surface area contributed by atoms with Gasteiger partial charge in [0.15, 0.2) is 0 Å². The smallest absolute Gasteiger partial charge is 1.00 e. The molecule has 0 aliphatic heterocycles. The Morgan fingerprint density at radius 2 is 0.538 bits per heavy atom. The van der Waals surface area contributed by atoms with Crippen molar-refractivity contribution in [1.82, 2.24) is 0 Å². The van der Waals surface area contributed by atoms with Crippen LogP contribution in [-0.4, -0.2) is 38.3 Å². The van der Waals surface area contributed by atoms with Gasteiger partial charge in [-0.3, -0.25) is 0 Å². The van der Waals surface area contributed by atoms with Crippen LogP contribution in [0.1, 0.15) is 0 Å². The van der Waals surface area contributed by atoms with Crippen LogP contribution in [0.4, 0.5) is 0 Å². The van der Waals surface area contributed by atoms with E-state index in [4.69, 9.17) is 16.9 Å². The van der Waals surface area contributed by atoms with Crippen molar-refractivity contribution in [2.75, 3.05) is 0 Å². The van der Waals surface area contributed by atoms with Crippen molar-refractivity contribution in [3.63, 3.8) is 0 Å². The fraction of sp³-hybridized carbons (Fsp3) is 0. The minimum atomic E-state index is -2.24. The zero-order valence-electron chi connectivity index (χ0n) is 6.51. The Hall–Kier alpha value is 3.70. The largest absolute Gasteiger partial charge is 1.00 e. The van der Waals surface area contributed by atoms with Gasteiger partial charge in [-0.1, -0.05) is 0 Å². The quantitative estimate of drug-likeness (QED) is 0.214. The maximum absolute atomic E-state index is 5.02. The second-order valence-corrected chi connectivity index (χ2v) is 14.0. The third kappa shape index (κ3) is 215. The first-order valence-electron chi connectivity index (χ1n) is 0.567. The molecule has 0 bridgehead atoms. The number of hydrogen-bond acceptors (Lipinski definition) is 0. The van der Waals surface area contributed by atoms with Crippen molar-refractivity contribution >= 4 is 16.9 Å². The van der Waals surface area contributed by atoms with Gasteiger partial charge in [-0.2, -0.15) is 0 Å². The van der Waals surface area contributed by atoms with Crippen LogP contribution in [0.2, 0.25) is 0 Å². The average Bonchev–Trinajstić information content (AvgIpc) is 0.811. The van der Waals surface area contributed by atoms with Crippen molar-refractivity contribution in [1.29, 1.82) is 0 Å². The maximum atomic E-state index is 5.02. The number of halogens is 4. The summed E-state index contributed by atoms with van der Waals surface area (Å²) < 4.78 is 0. The first-order chi connectivity index (χ1) is 1.73. The zero-order chi connectivity index (χ0) is 3.58. The third-order valence-electron chi connectivity index (χ3n) is 0. The standard InChI is InChI=1S/Ce.3ClH.HI.Na.7H2O/h;4*1H;;7*1H2/q+3;;;;;+1;;;;;;;/p-4.